The van der Waals surface area contributed by atoms with Gasteiger partial charge in [-0.05, 0) is 37.8 Å². The molecule has 1 aromatic rings. The van der Waals surface area contributed by atoms with Crippen LogP contribution in [0.1, 0.15) is 25.7 Å². The summed E-state index contributed by atoms with van der Waals surface area (Å²) in [6, 6.07) is 9.51. The van der Waals surface area contributed by atoms with Crippen molar-refractivity contribution in [3.63, 3.8) is 0 Å². The number of rotatable bonds is 3. The second-order valence-electron chi connectivity index (χ2n) is 5.19. The van der Waals surface area contributed by atoms with Crippen LogP contribution in [0.4, 0.5) is 0 Å². The molecule has 0 N–H and O–H groups in total. The molecule has 1 saturated carbocycles. The predicted molar refractivity (Wildman–Crippen MR) is 74.0 cm³/mol. The lowest BCUT2D eigenvalue weighted by molar-refractivity contribution is -0.133. The molecule has 0 atom stereocenters. The molecule has 1 heterocycles. The van der Waals surface area contributed by atoms with Gasteiger partial charge in [-0.25, -0.2) is 0 Å². The van der Waals surface area contributed by atoms with Crippen LogP contribution in [-0.4, -0.2) is 30.5 Å². The number of carbonyl (C=O) groups excluding carboxylic acids is 1. The number of benzene rings is 1. The van der Waals surface area contributed by atoms with E-state index in [0.29, 0.717) is 0 Å². The van der Waals surface area contributed by atoms with Crippen LogP contribution in [0.3, 0.4) is 0 Å². The minimum Gasteiger partial charge on any atom is -0.484 e. The first-order valence-electron chi connectivity index (χ1n) is 6.98. The molecule has 0 spiro atoms. The van der Waals surface area contributed by atoms with Crippen LogP contribution in [-0.2, 0) is 4.79 Å². The molecule has 1 amide bonds. The van der Waals surface area contributed by atoms with E-state index in [4.69, 9.17) is 4.74 Å². The van der Waals surface area contributed by atoms with E-state index in [0.717, 1.165) is 31.7 Å². The molecule has 3 rings (SSSR count). The Kier molecular flexibility index (Phi) is 3.53. The second kappa shape index (κ2) is 5.47. The molecule has 0 aromatic heterocycles. The van der Waals surface area contributed by atoms with Crippen LogP contribution in [0.2, 0.25) is 0 Å². The highest BCUT2D eigenvalue weighted by Gasteiger charge is 2.24. The molecule has 3 nitrogen and oxygen atoms in total. The second-order valence-corrected chi connectivity index (χ2v) is 5.19. The lowest BCUT2D eigenvalue weighted by Crippen LogP contribution is -2.39. The average Bonchev–Trinajstić information content (AvgIpc) is 3.31. The Morgan fingerprint density at radius 1 is 1.00 bits per heavy atom. The molecule has 2 fully saturated rings. The van der Waals surface area contributed by atoms with Gasteiger partial charge in [0, 0.05) is 13.1 Å². The minimum atomic E-state index is 0.101. The number of carbonyl (C=O) groups is 1. The number of para-hydroxylation sites is 1. The Morgan fingerprint density at radius 2 is 1.63 bits per heavy atom. The van der Waals surface area contributed by atoms with Crippen molar-refractivity contribution in [2.45, 2.75) is 25.7 Å². The van der Waals surface area contributed by atoms with Crippen molar-refractivity contribution in [2.75, 3.05) is 19.7 Å². The summed E-state index contributed by atoms with van der Waals surface area (Å²) in [6.07, 6.45) is 4.71. The van der Waals surface area contributed by atoms with Gasteiger partial charge in [-0.2, -0.15) is 0 Å². The molecular formula is C16H19NO2. The van der Waals surface area contributed by atoms with Gasteiger partial charge in [0.25, 0.3) is 5.91 Å². The Hall–Kier alpha value is -1.77. The Balaban J connectivity index is 1.47. The zero-order valence-corrected chi connectivity index (χ0v) is 11.1. The molecule has 0 unspecified atom stereocenters. The molecule has 1 aliphatic carbocycles. The monoisotopic (exact) mass is 257 g/mol. The van der Waals surface area contributed by atoms with Gasteiger partial charge in [-0.1, -0.05) is 29.3 Å². The van der Waals surface area contributed by atoms with E-state index >= 15 is 0 Å². The maximum Gasteiger partial charge on any atom is 0.260 e. The third-order valence-electron chi connectivity index (χ3n) is 3.83. The van der Waals surface area contributed by atoms with Gasteiger partial charge < -0.3 is 9.64 Å². The third kappa shape index (κ3) is 3.16. The van der Waals surface area contributed by atoms with Gasteiger partial charge in [0.15, 0.2) is 6.61 Å². The highest BCUT2D eigenvalue weighted by Crippen LogP contribution is 2.35. The fourth-order valence-corrected chi connectivity index (χ4v) is 2.55. The van der Waals surface area contributed by atoms with Crippen molar-refractivity contribution >= 4 is 5.91 Å². The largest absolute Gasteiger partial charge is 0.484 e. The fourth-order valence-electron chi connectivity index (χ4n) is 2.55. The Morgan fingerprint density at radius 3 is 2.26 bits per heavy atom. The maximum absolute atomic E-state index is 12.0. The van der Waals surface area contributed by atoms with E-state index in [1.807, 2.05) is 35.2 Å². The topological polar surface area (TPSA) is 29.5 Å². The van der Waals surface area contributed by atoms with Gasteiger partial charge in [0.05, 0.1) is 0 Å². The first-order chi connectivity index (χ1) is 9.33. The molecular weight excluding hydrogens is 238 g/mol. The number of allylic oxidation sites excluding steroid dienone is 1. The third-order valence-corrected chi connectivity index (χ3v) is 3.83. The van der Waals surface area contributed by atoms with Crippen molar-refractivity contribution in [3.8, 4) is 5.75 Å². The summed E-state index contributed by atoms with van der Waals surface area (Å²) in [4.78, 5) is 14.0. The molecule has 3 heteroatoms. The van der Waals surface area contributed by atoms with Crippen molar-refractivity contribution in [1.29, 1.82) is 0 Å². The lowest BCUT2D eigenvalue weighted by atomic mass is 10.0. The number of nitrogens with zero attached hydrogens (tertiary/aromatic N) is 1. The molecule has 1 aliphatic heterocycles. The normalized spacial score (nSPS) is 18.4. The van der Waals surface area contributed by atoms with E-state index in [9.17, 15) is 4.79 Å². The van der Waals surface area contributed by atoms with Gasteiger partial charge in [0.2, 0.25) is 0 Å². The minimum absolute atomic E-state index is 0.101. The van der Waals surface area contributed by atoms with Crippen molar-refractivity contribution < 1.29 is 9.53 Å². The highest BCUT2D eigenvalue weighted by atomic mass is 16.5. The first kappa shape index (κ1) is 12.3. The number of likely N-dealkylation sites (tertiary alicyclic amines) is 1. The summed E-state index contributed by atoms with van der Waals surface area (Å²) in [5.74, 6) is 0.859. The number of amides is 1. The smallest absolute Gasteiger partial charge is 0.260 e. The molecule has 1 aromatic carbocycles. The van der Waals surface area contributed by atoms with E-state index < -0.39 is 0 Å². The summed E-state index contributed by atoms with van der Waals surface area (Å²) < 4.78 is 5.50. The van der Waals surface area contributed by atoms with E-state index in [1.165, 1.54) is 12.8 Å². The molecule has 0 radical (unpaired) electrons. The van der Waals surface area contributed by atoms with Crippen LogP contribution in [0, 0.1) is 0 Å². The van der Waals surface area contributed by atoms with Crippen LogP contribution in [0.25, 0.3) is 0 Å². The molecule has 100 valence electrons. The van der Waals surface area contributed by atoms with E-state index in [-0.39, 0.29) is 12.5 Å². The first-order valence-corrected chi connectivity index (χ1v) is 6.98. The number of hydrogen-bond acceptors (Lipinski definition) is 2. The van der Waals surface area contributed by atoms with Crippen LogP contribution < -0.4 is 4.74 Å². The summed E-state index contributed by atoms with van der Waals surface area (Å²) in [5.41, 5.74) is 3.25. The van der Waals surface area contributed by atoms with Crippen LogP contribution >= 0.6 is 0 Å². The molecule has 0 bridgehead atoms. The van der Waals surface area contributed by atoms with Gasteiger partial charge in [-0.3, -0.25) is 4.79 Å². The summed E-state index contributed by atoms with van der Waals surface area (Å²) in [5, 5.41) is 0. The Labute approximate surface area is 113 Å². The molecule has 1 saturated heterocycles. The highest BCUT2D eigenvalue weighted by molar-refractivity contribution is 5.78. The Bertz CT molecular complexity index is 477. The summed E-state index contributed by atoms with van der Waals surface area (Å²) in [6.45, 7) is 1.86. The van der Waals surface area contributed by atoms with E-state index in [1.54, 1.807) is 11.1 Å². The zero-order chi connectivity index (χ0) is 13.1. The van der Waals surface area contributed by atoms with Crippen molar-refractivity contribution in [1.82, 2.24) is 4.90 Å². The van der Waals surface area contributed by atoms with Gasteiger partial charge in [0.1, 0.15) is 5.75 Å². The van der Waals surface area contributed by atoms with Crippen molar-refractivity contribution in [2.24, 2.45) is 0 Å². The number of hydrogen-bond donors (Lipinski definition) is 0. The van der Waals surface area contributed by atoms with Gasteiger partial charge >= 0.3 is 0 Å². The van der Waals surface area contributed by atoms with Crippen LogP contribution in [0.5, 0.6) is 5.75 Å². The van der Waals surface area contributed by atoms with E-state index in [2.05, 4.69) is 0 Å². The summed E-state index contributed by atoms with van der Waals surface area (Å²) in [7, 11) is 0. The van der Waals surface area contributed by atoms with Crippen molar-refractivity contribution in [3.05, 3.63) is 41.5 Å². The maximum atomic E-state index is 12.0. The molecule has 19 heavy (non-hydrogen) atoms. The predicted octanol–water partition coefficient (Wildman–Crippen LogP) is 2.78. The standard InChI is InChI=1S/C16H19NO2/c18-16(12-19-15-4-2-1-3-5-15)17-10-8-14(9-11-17)13-6-7-13/h1-5H,6-12H2. The quantitative estimate of drug-likeness (QED) is 0.779. The average molecular weight is 257 g/mol. The SMILES string of the molecule is O=C(COc1ccccc1)N1CCC(=C2CC2)CC1. The summed E-state index contributed by atoms with van der Waals surface area (Å²) >= 11 is 0. The van der Waals surface area contributed by atoms with Crippen LogP contribution in [0.15, 0.2) is 41.5 Å². The fraction of sp³-hybridized carbons (Fsp3) is 0.438. The number of piperidine rings is 1. The zero-order valence-electron chi connectivity index (χ0n) is 11.1. The molecule has 2 aliphatic rings. The lowest BCUT2D eigenvalue weighted by Gasteiger charge is -2.28. The number of ether oxygens (including phenoxy) is 1. The van der Waals surface area contributed by atoms with Gasteiger partial charge in [-0.15, -0.1) is 0 Å².